The lowest BCUT2D eigenvalue weighted by Gasteiger charge is -2.38. The van der Waals surface area contributed by atoms with Crippen LogP contribution in [0.4, 0.5) is 16.3 Å². The number of nitrogens with zero attached hydrogens (tertiary/aromatic N) is 3. The number of aromatic nitrogens is 3. The van der Waals surface area contributed by atoms with E-state index in [1.54, 1.807) is 6.20 Å². The average Bonchev–Trinajstić information content (AvgIpc) is 3.47. The smallest absolute Gasteiger partial charge is 0.407 e. The topological polar surface area (TPSA) is 99.5 Å². The molecule has 1 aliphatic rings. The van der Waals surface area contributed by atoms with Crippen molar-refractivity contribution >= 4 is 25.9 Å². The van der Waals surface area contributed by atoms with Gasteiger partial charge in [-0.2, -0.15) is 5.10 Å². The first-order valence-electron chi connectivity index (χ1n) is 15.9. The maximum Gasteiger partial charge on any atom is 0.407 e. The zero-order valence-electron chi connectivity index (χ0n) is 28.8. The highest BCUT2D eigenvalue weighted by Gasteiger charge is 2.41. The molecule has 2 aromatic rings. The van der Waals surface area contributed by atoms with Crippen LogP contribution in [0, 0.1) is 0 Å². The van der Waals surface area contributed by atoms with Crippen LogP contribution in [0.5, 0.6) is 5.88 Å². The van der Waals surface area contributed by atoms with E-state index in [0.29, 0.717) is 24.5 Å². The second-order valence-corrected chi connectivity index (χ2v) is 20.3. The van der Waals surface area contributed by atoms with E-state index in [4.69, 9.17) is 19.0 Å². The average molecular weight is 616 g/mol. The Balaban J connectivity index is 1.59. The SMILES string of the molecule is CC(CCCOc1cc(Nc2cc([C@H]3CC[C@@H](O[Si](C)(C)C(C)(C)C)C3)nn2C(C)(C)C)ccn1)NC(=O)OC(C)(C)C. The number of hydrogen-bond acceptors (Lipinski definition) is 7. The van der Waals surface area contributed by atoms with Gasteiger partial charge in [-0.3, -0.25) is 0 Å². The molecule has 2 N–H and O–H groups in total. The van der Waals surface area contributed by atoms with Gasteiger partial charge < -0.3 is 24.5 Å². The second kappa shape index (κ2) is 13.6. The van der Waals surface area contributed by atoms with Gasteiger partial charge in [-0.1, -0.05) is 20.8 Å². The zero-order valence-corrected chi connectivity index (χ0v) is 29.8. The Kier molecular flexibility index (Phi) is 11.0. The monoisotopic (exact) mass is 615 g/mol. The van der Waals surface area contributed by atoms with Gasteiger partial charge in [-0.25, -0.2) is 14.5 Å². The van der Waals surface area contributed by atoms with Gasteiger partial charge >= 0.3 is 6.09 Å². The Hall–Kier alpha value is -2.59. The summed E-state index contributed by atoms with van der Waals surface area (Å²) in [5, 5.41) is 11.8. The zero-order chi connectivity index (χ0) is 32.2. The van der Waals surface area contributed by atoms with Gasteiger partial charge in [0.05, 0.1) is 17.8 Å². The third-order valence-electron chi connectivity index (χ3n) is 8.24. The third-order valence-corrected chi connectivity index (χ3v) is 12.8. The van der Waals surface area contributed by atoms with Crippen LogP contribution >= 0.6 is 0 Å². The van der Waals surface area contributed by atoms with Crippen molar-refractivity contribution in [1.29, 1.82) is 0 Å². The van der Waals surface area contributed by atoms with Crippen molar-refractivity contribution < 1.29 is 18.7 Å². The summed E-state index contributed by atoms with van der Waals surface area (Å²) < 4.78 is 20.1. The maximum atomic E-state index is 12.0. The molecule has 3 rings (SSSR count). The summed E-state index contributed by atoms with van der Waals surface area (Å²) >= 11 is 0. The summed E-state index contributed by atoms with van der Waals surface area (Å²) in [4.78, 5) is 16.4. The van der Waals surface area contributed by atoms with E-state index in [2.05, 4.69) is 81.0 Å². The van der Waals surface area contributed by atoms with E-state index < -0.39 is 20.0 Å². The lowest BCUT2D eigenvalue weighted by molar-refractivity contribution is 0.0504. The van der Waals surface area contributed by atoms with Crippen LogP contribution < -0.4 is 15.4 Å². The van der Waals surface area contributed by atoms with Crippen molar-refractivity contribution in [3.05, 3.63) is 30.1 Å². The number of amides is 1. The summed E-state index contributed by atoms with van der Waals surface area (Å²) in [5.74, 6) is 1.90. The van der Waals surface area contributed by atoms with Crippen molar-refractivity contribution in [1.82, 2.24) is 20.1 Å². The Morgan fingerprint density at radius 3 is 2.42 bits per heavy atom. The summed E-state index contributed by atoms with van der Waals surface area (Å²) in [6, 6.07) is 6.05. The normalized spacial score (nSPS) is 18.8. The van der Waals surface area contributed by atoms with Gasteiger partial charge in [0, 0.05) is 42.1 Å². The lowest BCUT2D eigenvalue weighted by atomic mass is 10.0. The number of carbonyl (C=O) groups excluding carboxylic acids is 1. The Labute approximate surface area is 261 Å². The van der Waals surface area contributed by atoms with Gasteiger partial charge in [-0.05, 0) is 105 Å². The molecule has 9 nitrogen and oxygen atoms in total. The molecular weight excluding hydrogens is 558 g/mol. The van der Waals surface area contributed by atoms with E-state index in [1.807, 2.05) is 39.8 Å². The minimum Gasteiger partial charge on any atom is -0.478 e. The summed E-state index contributed by atoms with van der Waals surface area (Å²) in [6.45, 7) is 26.1. The van der Waals surface area contributed by atoms with Crippen molar-refractivity contribution in [2.45, 2.75) is 149 Å². The van der Waals surface area contributed by atoms with Gasteiger partial charge in [0.15, 0.2) is 8.32 Å². The minimum atomic E-state index is -1.80. The molecule has 1 fully saturated rings. The van der Waals surface area contributed by atoms with Crippen molar-refractivity contribution in [3.8, 4) is 5.88 Å². The van der Waals surface area contributed by atoms with Gasteiger partial charge in [-0.15, -0.1) is 0 Å². The molecule has 10 heteroatoms. The number of rotatable bonds is 11. The van der Waals surface area contributed by atoms with Gasteiger partial charge in [0.2, 0.25) is 5.88 Å². The number of ether oxygens (including phenoxy) is 2. The highest BCUT2D eigenvalue weighted by atomic mass is 28.4. The van der Waals surface area contributed by atoms with Crippen LogP contribution in [-0.4, -0.2) is 53.5 Å². The van der Waals surface area contributed by atoms with E-state index in [1.165, 1.54) is 0 Å². The van der Waals surface area contributed by atoms with E-state index in [-0.39, 0.29) is 16.6 Å². The number of pyridine rings is 1. The quantitative estimate of drug-likeness (QED) is 0.193. The predicted octanol–water partition coefficient (Wildman–Crippen LogP) is 8.51. The molecular formula is C33H57N5O4Si. The fraction of sp³-hybridized carbons (Fsp3) is 0.727. The third kappa shape index (κ3) is 10.5. The molecule has 242 valence electrons. The molecule has 1 unspecified atom stereocenters. The maximum absolute atomic E-state index is 12.0. The fourth-order valence-electron chi connectivity index (χ4n) is 4.97. The number of carbonyl (C=O) groups is 1. The molecule has 43 heavy (non-hydrogen) atoms. The minimum absolute atomic E-state index is 0.0138. The van der Waals surface area contributed by atoms with Crippen molar-refractivity contribution in [3.63, 3.8) is 0 Å². The highest BCUT2D eigenvalue weighted by Crippen LogP contribution is 2.43. The number of hydrogen-bond donors (Lipinski definition) is 2. The lowest BCUT2D eigenvalue weighted by Crippen LogP contribution is -2.43. The van der Waals surface area contributed by atoms with Crippen molar-refractivity contribution in [2.75, 3.05) is 11.9 Å². The Bertz CT molecular complexity index is 1210. The van der Waals surface area contributed by atoms with E-state index in [0.717, 1.165) is 49.3 Å². The summed E-state index contributed by atoms with van der Waals surface area (Å²) in [5.41, 5.74) is 1.32. The number of nitrogens with one attached hydrogen (secondary N) is 2. The Morgan fingerprint density at radius 2 is 1.79 bits per heavy atom. The molecule has 0 spiro atoms. The molecule has 0 radical (unpaired) electrons. The molecule has 0 saturated heterocycles. The largest absolute Gasteiger partial charge is 0.478 e. The molecule has 0 aromatic carbocycles. The first kappa shape index (κ1) is 34.9. The molecule has 0 aliphatic heterocycles. The van der Waals surface area contributed by atoms with Crippen LogP contribution in [0.15, 0.2) is 24.4 Å². The van der Waals surface area contributed by atoms with Crippen LogP contribution in [-0.2, 0) is 14.7 Å². The molecule has 1 saturated carbocycles. The van der Waals surface area contributed by atoms with Crippen LogP contribution in [0.1, 0.15) is 113 Å². The van der Waals surface area contributed by atoms with E-state index in [9.17, 15) is 4.79 Å². The second-order valence-electron chi connectivity index (χ2n) is 15.6. The van der Waals surface area contributed by atoms with Crippen LogP contribution in [0.25, 0.3) is 0 Å². The summed E-state index contributed by atoms with van der Waals surface area (Å²) in [6.07, 6.45) is 6.41. The van der Waals surface area contributed by atoms with E-state index >= 15 is 0 Å². The van der Waals surface area contributed by atoms with Crippen molar-refractivity contribution in [2.24, 2.45) is 0 Å². The van der Waals surface area contributed by atoms with Gasteiger partial charge in [0.25, 0.3) is 0 Å². The molecule has 0 bridgehead atoms. The number of anilines is 2. The number of alkyl carbamates (subject to hydrolysis) is 1. The standard InChI is InChI=1S/C33H57N5O4Si/c1-23(35-30(39)41-32(5,6)7)14-13-19-40-29-21-25(17-18-34-29)36-28-22-27(37-38(28)31(2,3)4)24-15-16-26(20-24)42-43(11,12)33(8,9)10/h17-18,21-24,26H,13-16,19-20H2,1-12H3,(H,34,36)(H,35,39)/t23?,24-,26+/m0/s1. The molecule has 1 amide bonds. The highest BCUT2D eigenvalue weighted by molar-refractivity contribution is 6.74. The first-order valence-corrected chi connectivity index (χ1v) is 18.8. The van der Waals surface area contributed by atoms with Crippen LogP contribution in [0.2, 0.25) is 18.1 Å². The first-order chi connectivity index (χ1) is 19.7. The molecule has 1 aliphatic carbocycles. The fourth-order valence-corrected chi connectivity index (χ4v) is 6.37. The van der Waals surface area contributed by atoms with Crippen LogP contribution in [0.3, 0.4) is 0 Å². The molecule has 2 heterocycles. The predicted molar refractivity (Wildman–Crippen MR) is 177 cm³/mol. The molecule has 2 aromatic heterocycles. The van der Waals surface area contributed by atoms with Gasteiger partial charge in [0.1, 0.15) is 11.4 Å². The molecule has 3 atom stereocenters. The Morgan fingerprint density at radius 1 is 1.09 bits per heavy atom. The summed E-state index contributed by atoms with van der Waals surface area (Å²) in [7, 11) is -1.80.